The molecule has 1 aliphatic rings. The van der Waals surface area contributed by atoms with E-state index in [2.05, 4.69) is 46.1 Å². The minimum Gasteiger partial charge on any atom is -0.389 e. The molecule has 0 spiro atoms. The van der Waals surface area contributed by atoms with Gasteiger partial charge in [-0.25, -0.2) is 0 Å². The topological polar surface area (TPSA) is 20.2 Å². The first-order valence-electron chi connectivity index (χ1n) is 8.22. The van der Waals surface area contributed by atoms with Gasteiger partial charge in [-0.1, -0.05) is 42.0 Å². The first kappa shape index (κ1) is 18.0. The number of hydrogen-bond donors (Lipinski definition) is 1. The predicted molar refractivity (Wildman–Crippen MR) is 93.3 cm³/mol. The zero-order chi connectivity index (χ0) is 15.8. The van der Waals surface area contributed by atoms with Crippen LogP contribution in [-0.2, 0) is 0 Å². The highest BCUT2D eigenvalue weighted by Gasteiger charge is 2.19. The maximum atomic E-state index is 10.3. The maximum Gasteiger partial charge on any atom is 0.0753 e. The molecule has 0 fully saturated rings. The summed E-state index contributed by atoms with van der Waals surface area (Å²) in [7, 11) is 0. The van der Waals surface area contributed by atoms with Crippen molar-refractivity contribution >= 4 is 0 Å². The third-order valence-corrected chi connectivity index (χ3v) is 4.42. The Morgan fingerprint density at radius 2 is 2.10 bits per heavy atom. The van der Waals surface area contributed by atoms with Crippen molar-refractivity contribution in [2.24, 2.45) is 5.92 Å². The fraction of sp³-hybridized carbons (Fsp3) is 0.600. The lowest BCUT2D eigenvalue weighted by molar-refractivity contribution is 0.176. The van der Waals surface area contributed by atoms with Crippen LogP contribution in [0.15, 0.2) is 47.6 Å². The lowest BCUT2D eigenvalue weighted by Crippen LogP contribution is -2.18. The Morgan fingerprint density at radius 1 is 1.38 bits per heavy atom. The van der Waals surface area contributed by atoms with Crippen LogP contribution in [0.5, 0.6) is 0 Å². The van der Waals surface area contributed by atoms with Crippen LogP contribution in [0.3, 0.4) is 0 Å². The zero-order valence-corrected chi connectivity index (χ0v) is 14.1. The number of rotatable bonds is 4. The van der Waals surface area contributed by atoms with E-state index in [1.54, 1.807) is 0 Å². The molecule has 21 heavy (non-hydrogen) atoms. The van der Waals surface area contributed by atoms with Gasteiger partial charge in [-0.3, -0.25) is 0 Å². The summed E-state index contributed by atoms with van der Waals surface area (Å²) in [5.74, 6) is 0.406. The molecule has 0 saturated heterocycles. The molecule has 1 nitrogen and oxygen atoms in total. The van der Waals surface area contributed by atoms with Crippen LogP contribution < -0.4 is 0 Å². The van der Waals surface area contributed by atoms with Crippen LogP contribution in [0.2, 0.25) is 0 Å². The van der Waals surface area contributed by atoms with Crippen molar-refractivity contribution in [2.75, 3.05) is 0 Å². The highest BCUT2D eigenvalue weighted by atomic mass is 16.3. The van der Waals surface area contributed by atoms with E-state index in [4.69, 9.17) is 0 Å². The van der Waals surface area contributed by atoms with E-state index < -0.39 is 0 Å². The summed E-state index contributed by atoms with van der Waals surface area (Å²) in [4.78, 5) is 0. The second kappa shape index (κ2) is 9.04. The number of aliphatic hydroxyl groups excluding tert-OH is 1. The van der Waals surface area contributed by atoms with Gasteiger partial charge in [-0.15, -0.1) is 0 Å². The highest BCUT2D eigenvalue weighted by Crippen LogP contribution is 2.30. The second-order valence-corrected chi connectivity index (χ2v) is 6.71. The monoisotopic (exact) mass is 288 g/mol. The summed E-state index contributed by atoms with van der Waals surface area (Å²) >= 11 is 0. The Hall–Kier alpha value is -1.08. The summed E-state index contributed by atoms with van der Waals surface area (Å²) in [5, 5.41) is 10.3. The van der Waals surface area contributed by atoms with Gasteiger partial charge in [-0.2, -0.15) is 0 Å². The van der Waals surface area contributed by atoms with Gasteiger partial charge in [-0.05, 0) is 77.2 Å². The van der Waals surface area contributed by atoms with Crippen molar-refractivity contribution in [1.29, 1.82) is 0 Å². The largest absolute Gasteiger partial charge is 0.389 e. The number of hydrogen-bond acceptors (Lipinski definition) is 1. The van der Waals surface area contributed by atoms with Crippen LogP contribution in [0, 0.1) is 5.92 Å². The van der Waals surface area contributed by atoms with Gasteiger partial charge >= 0.3 is 0 Å². The summed E-state index contributed by atoms with van der Waals surface area (Å²) < 4.78 is 0. The fourth-order valence-corrected chi connectivity index (χ4v) is 2.85. The van der Waals surface area contributed by atoms with Crippen molar-refractivity contribution in [3.63, 3.8) is 0 Å². The lowest BCUT2D eigenvalue weighted by Gasteiger charge is -2.25. The Balaban J connectivity index is 2.69. The van der Waals surface area contributed by atoms with E-state index in [-0.39, 0.29) is 6.10 Å². The molecule has 0 aromatic carbocycles. The fourth-order valence-electron chi connectivity index (χ4n) is 2.85. The van der Waals surface area contributed by atoms with Gasteiger partial charge in [0.15, 0.2) is 0 Å². The minimum absolute atomic E-state index is 0.373. The molecule has 1 heteroatoms. The minimum atomic E-state index is -0.373. The Bertz CT molecular complexity index is 421. The molecular weight excluding hydrogens is 256 g/mol. The average molecular weight is 288 g/mol. The Labute approximate surface area is 131 Å². The Kier molecular flexibility index (Phi) is 7.74. The molecule has 1 aliphatic carbocycles. The van der Waals surface area contributed by atoms with Crippen LogP contribution in [0.25, 0.3) is 0 Å². The first-order chi connectivity index (χ1) is 9.90. The van der Waals surface area contributed by atoms with Crippen molar-refractivity contribution in [1.82, 2.24) is 0 Å². The molecule has 2 atom stereocenters. The van der Waals surface area contributed by atoms with Gasteiger partial charge in [0.2, 0.25) is 0 Å². The molecule has 0 aromatic heterocycles. The van der Waals surface area contributed by atoms with E-state index in [9.17, 15) is 5.11 Å². The van der Waals surface area contributed by atoms with E-state index in [0.717, 1.165) is 50.5 Å². The van der Waals surface area contributed by atoms with E-state index in [0.29, 0.717) is 5.92 Å². The second-order valence-electron chi connectivity index (χ2n) is 6.71. The summed E-state index contributed by atoms with van der Waals surface area (Å²) in [5.41, 5.74) is 5.08. The zero-order valence-electron chi connectivity index (χ0n) is 14.1. The first-order valence-corrected chi connectivity index (χ1v) is 8.22. The van der Waals surface area contributed by atoms with Gasteiger partial charge in [0.05, 0.1) is 6.10 Å². The van der Waals surface area contributed by atoms with Crippen LogP contribution in [0.4, 0.5) is 0 Å². The molecule has 0 bridgehead atoms. The molecule has 1 N–H and O–H groups in total. The standard InChI is InChI=1S/C20H32O/c1-15(2)8-6-10-17(4)19-13-12-16(3)9-7-11-18(5)20(21)14-19/h8-9,19-21H,4-7,10-14H2,1-3H3/b16-9-/t19-,20+/m1/s1. The molecule has 118 valence electrons. The van der Waals surface area contributed by atoms with Gasteiger partial charge in [0.25, 0.3) is 0 Å². The number of allylic oxidation sites excluding steroid dienone is 5. The molecule has 1 rings (SSSR count). The van der Waals surface area contributed by atoms with Crippen LogP contribution in [-0.4, -0.2) is 11.2 Å². The summed E-state index contributed by atoms with van der Waals surface area (Å²) in [6, 6.07) is 0. The lowest BCUT2D eigenvalue weighted by atomic mass is 9.83. The molecule has 0 heterocycles. The molecule has 0 aliphatic heterocycles. The molecule has 0 radical (unpaired) electrons. The molecule has 0 aromatic rings. The van der Waals surface area contributed by atoms with Crippen molar-refractivity contribution in [3.8, 4) is 0 Å². The molecule has 0 amide bonds. The van der Waals surface area contributed by atoms with Gasteiger partial charge in [0.1, 0.15) is 0 Å². The van der Waals surface area contributed by atoms with Gasteiger partial charge in [0, 0.05) is 0 Å². The third-order valence-electron chi connectivity index (χ3n) is 4.42. The number of aliphatic hydroxyl groups is 1. The third kappa shape index (κ3) is 6.95. The normalized spacial score (nSPS) is 26.7. The average Bonchev–Trinajstić information content (AvgIpc) is 2.41. The van der Waals surface area contributed by atoms with Crippen LogP contribution in [0.1, 0.15) is 65.7 Å². The van der Waals surface area contributed by atoms with E-state index >= 15 is 0 Å². The Morgan fingerprint density at radius 3 is 2.76 bits per heavy atom. The van der Waals surface area contributed by atoms with Gasteiger partial charge < -0.3 is 5.11 Å². The molecule has 0 unspecified atom stereocenters. The SMILES string of the molecule is C=C(CCC=C(C)C)[C@@H]1CC/C(C)=C\CCC(=C)[C@@H](O)C1. The summed E-state index contributed by atoms with van der Waals surface area (Å²) in [6.07, 6.45) is 11.2. The summed E-state index contributed by atoms with van der Waals surface area (Å²) in [6.45, 7) is 14.8. The predicted octanol–water partition coefficient (Wildman–Crippen LogP) is 5.73. The van der Waals surface area contributed by atoms with Crippen molar-refractivity contribution < 1.29 is 5.11 Å². The van der Waals surface area contributed by atoms with Crippen molar-refractivity contribution in [2.45, 2.75) is 71.8 Å². The molecule has 0 saturated carbocycles. The highest BCUT2D eigenvalue weighted by molar-refractivity contribution is 5.12. The quantitative estimate of drug-likeness (QED) is 0.655. The molecular formula is C20H32O. The van der Waals surface area contributed by atoms with E-state index in [1.165, 1.54) is 16.7 Å². The van der Waals surface area contributed by atoms with E-state index in [1.807, 2.05) is 0 Å². The van der Waals surface area contributed by atoms with Crippen molar-refractivity contribution in [3.05, 3.63) is 47.6 Å². The van der Waals surface area contributed by atoms with Crippen LogP contribution >= 0.6 is 0 Å². The smallest absolute Gasteiger partial charge is 0.0753 e. The maximum absolute atomic E-state index is 10.3.